The van der Waals surface area contributed by atoms with Crippen LogP contribution in [0.15, 0.2) is 18.2 Å². The van der Waals surface area contributed by atoms with E-state index < -0.39 is 18.0 Å². The van der Waals surface area contributed by atoms with Crippen molar-refractivity contribution in [2.45, 2.75) is 13.3 Å². The molecule has 0 spiro atoms. The number of nitrogens with one attached hydrogen (secondary N) is 1. The summed E-state index contributed by atoms with van der Waals surface area (Å²) in [6.45, 7) is 1.77. The molecule has 0 aliphatic rings. The number of ether oxygens (including phenoxy) is 1. The second-order valence-corrected chi connectivity index (χ2v) is 3.41. The first-order valence-corrected chi connectivity index (χ1v) is 5.16. The molecule has 1 aromatic carbocycles. The Bertz CT molecular complexity index is 530. The zero-order valence-corrected chi connectivity index (χ0v) is 9.97. The van der Waals surface area contributed by atoms with Gasteiger partial charge in [-0.3, -0.25) is 4.79 Å². The molecule has 102 valence electrons. The van der Waals surface area contributed by atoms with Crippen molar-refractivity contribution < 1.29 is 22.7 Å². The normalized spacial score (nSPS) is 10.3. The summed E-state index contributed by atoms with van der Waals surface area (Å²) >= 11 is 0. The van der Waals surface area contributed by atoms with Crippen LogP contribution in [0.2, 0.25) is 0 Å². The molecule has 0 bridgehead atoms. The van der Waals surface area contributed by atoms with Gasteiger partial charge in [-0.15, -0.1) is 19.1 Å². The molecule has 0 radical (unpaired) electrons. The first-order chi connectivity index (χ1) is 8.83. The highest BCUT2D eigenvalue weighted by Gasteiger charge is 2.32. The van der Waals surface area contributed by atoms with Crippen LogP contribution in [0, 0.1) is 11.8 Å². The summed E-state index contributed by atoms with van der Waals surface area (Å²) in [7, 11) is 0. The quantitative estimate of drug-likeness (QED) is 0.652. The number of amides is 1. The summed E-state index contributed by atoms with van der Waals surface area (Å²) < 4.78 is 39.7. The van der Waals surface area contributed by atoms with Crippen molar-refractivity contribution in [1.82, 2.24) is 5.32 Å². The maximum Gasteiger partial charge on any atom is 0.573 e. The molecule has 1 rings (SSSR count). The van der Waals surface area contributed by atoms with Gasteiger partial charge in [-0.1, -0.05) is 5.92 Å². The largest absolute Gasteiger partial charge is 0.573 e. The molecule has 0 atom stereocenters. The van der Waals surface area contributed by atoms with Crippen molar-refractivity contribution in [3.8, 4) is 17.6 Å². The monoisotopic (exact) mass is 272 g/mol. The van der Waals surface area contributed by atoms with Gasteiger partial charge in [-0.25, -0.2) is 0 Å². The summed E-state index contributed by atoms with van der Waals surface area (Å²) in [5, 5.41) is 2.46. The fourth-order valence-electron chi connectivity index (χ4n) is 1.22. The van der Waals surface area contributed by atoms with Crippen LogP contribution in [0.25, 0.3) is 0 Å². The molecule has 0 unspecified atom stereocenters. The van der Waals surface area contributed by atoms with Gasteiger partial charge in [0.25, 0.3) is 5.91 Å². The number of carbonyl (C=O) groups is 1. The lowest BCUT2D eigenvalue weighted by Crippen LogP contribution is -2.24. The zero-order valence-electron chi connectivity index (χ0n) is 9.97. The Kier molecular flexibility index (Phi) is 4.64. The van der Waals surface area contributed by atoms with E-state index in [-0.39, 0.29) is 17.8 Å². The molecule has 0 aromatic heterocycles. The first kappa shape index (κ1) is 14.7. The predicted octanol–water partition coefficient (Wildman–Crippen LogP) is 1.92. The Morgan fingerprint density at radius 1 is 1.47 bits per heavy atom. The van der Waals surface area contributed by atoms with Gasteiger partial charge in [0.15, 0.2) is 5.75 Å². The minimum Gasteiger partial charge on any atom is -0.404 e. The molecule has 0 aliphatic heterocycles. The molecule has 19 heavy (non-hydrogen) atoms. The molecule has 0 heterocycles. The Balaban J connectivity index is 2.80. The number of benzene rings is 1. The molecule has 0 aliphatic carbocycles. The number of hydrogen-bond acceptors (Lipinski definition) is 3. The molecule has 4 nitrogen and oxygen atoms in total. The molecule has 7 heteroatoms. The van der Waals surface area contributed by atoms with E-state index in [4.69, 9.17) is 5.73 Å². The fraction of sp³-hybridized carbons (Fsp3) is 0.250. The summed E-state index contributed by atoms with van der Waals surface area (Å²) in [6, 6.07) is 3.28. The van der Waals surface area contributed by atoms with Gasteiger partial charge >= 0.3 is 6.36 Å². The van der Waals surface area contributed by atoms with Crippen molar-refractivity contribution in [3.63, 3.8) is 0 Å². The van der Waals surface area contributed by atoms with Crippen molar-refractivity contribution in [3.05, 3.63) is 23.8 Å². The Hall–Kier alpha value is -2.36. The smallest absolute Gasteiger partial charge is 0.404 e. The number of hydrogen-bond donors (Lipinski definition) is 2. The first-order valence-electron chi connectivity index (χ1n) is 5.16. The van der Waals surface area contributed by atoms with Crippen molar-refractivity contribution in [2.75, 3.05) is 12.3 Å². The average Bonchev–Trinajstić information content (AvgIpc) is 2.30. The van der Waals surface area contributed by atoms with E-state index in [1.54, 1.807) is 6.92 Å². The lowest BCUT2D eigenvalue weighted by Gasteiger charge is -2.11. The summed E-state index contributed by atoms with van der Waals surface area (Å²) in [4.78, 5) is 11.6. The number of carbonyl (C=O) groups excluding carboxylic acids is 1. The van der Waals surface area contributed by atoms with Crippen LogP contribution < -0.4 is 15.8 Å². The SMILES string of the molecule is CC#CCNC(=O)c1ccc(OC(F)(F)F)c(N)c1. The molecular weight excluding hydrogens is 261 g/mol. The lowest BCUT2D eigenvalue weighted by atomic mass is 10.2. The maximum atomic E-state index is 12.0. The maximum absolute atomic E-state index is 12.0. The van der Waals surface area contributed by atoms with Crippen LogP contribution in [-0.2, 0) is 0 Å². The molecule has 1 aromatic rings. The molecule has 0 saturated carbocycles. The van der Waals surface area contributed by atoms with Gasteiger partial charge in [0.1, 0.15) is 0 Å². The van der Waals surface area contributed by atoms with Gasteiger partial charge in [0.05, 0.1) is 12.2 Å². The van der Waals surface area contributed by atoms with Gasteiger partial charge in [0.2, 0.25) is 0 Å². The third-order valence-corrected chi connectivity index (χ3v) is 2.01. The van der Waals surface area contributed by atoms with Crippen molar-refractivity contribution in [1.29, 1.82) is 0 Å². The zero-order chi connectivity index (χ0) is 14.5. The Morgan fingerprint density at radius 3 is 2.68 bits per heavy atom. The van der Waals surface area contributed by atoms with Crippen LogP contribution in [-0.4, -0.2) is 18.8 Å². The third kappa shape index (κ3) is 4.79. The number of nitrogen functional groups attached to an aromatic ring is 1. The summed E-state index contributed by atoms with van der Waals surface area (Å²) in [5.41, 5.74) is 5.25. The average molecular weight is 272 g/mol. The topological polar surface area (TPSA) is 64.3 Å². The van der Waals surface area contributed by atoms with Crippen molar-refractivity contribution >= 4 is 11.6 Å². The minimum absolute atomic E-state index is 0.130. The second-order valence-electron chi connectivity index (χ2n) is 3.41. The van der Waals surface area contributed by atoms with E-state index in [1.807, 2.05) is 0 Å². The van der Waals surface area contributed by atoms with E-state index in [0.29, 0.717) is 0 Å². The van der Waals surface area contributed by atoms with Crippen molar-refractivity contribution in [2.24, 2.45) is 0 Å². The number of anilines is 1. The highest BCUT2D eigenvalue weighted by Crippen LogP contribution is 2.28. The van der Waals surface area contributed by atoms with E-state index in [2.05, 4.69) is 21.9 Å². The number of nitrogens with two attached hydrogens (primary N) is 1. The molecule has 0 fully saturated rings. The fourth-order valence-corrected chi connectivity index (χ4v) is 1.22. The number of rotatable bonds is 3. The number of halogens is 3. The molecule has 0 saturated heterocycles. The van der Waals surface area contributed by atoms with E-state index >= 15 is 0 Å². The molecule has 1 amide bonds. The Morgan fingerprint density at radius 2 is 2.16 bits per heavy atom. The van der Waals surface area contributed by atoms with Crippen LogP contribution >= 0.6 is 0 Å². The van der Waals surface area contributed by atoms with Crippen LogP contribution in [0.1, 0.15) is 17.3 Å². The van der Waals surface area contributed by atoms with E-state index in [1.165, 1.54) is 6.07 Å². The van der Waals surface area contributed by atoms with Crippen LogP contribution in [0.4, 0.5) is 18.9 Å². The third-order valence-electron chi connectivity index (χ3n) is 2.01. The van der Waals surface area contributed by atoms with Gasteiger partial charge in [-0.2, -0.15) is 0 Å². The Labute approximate surface area is 107 Å². The van der Waals surface area contributed by atoms with E-state index in [9.17, 15) is 18.0 Å². The minimum atomic E-state index is -4.82. The summed E-state index contributed by atoms with van der Waals surface area (Å²) in [5.74, 6) is 4.18. The highest BCUT2D eigenvalue weighted by molar-refractivity contribution is 5.95. The number of alkyl halides is 3. The second kappa shape index (κ2) is 6.00. The highest BCUT2D eigenvalue weighted by atomic mass is 19.4. The molecule has 3 N–H and O–H groups in total. The predicted molar refractivity (Wildman–Crippen MR) is 63.3 cm³/mol. The van der Waals surface area contributed by atoms with Crippen LogP contribution in [0.3, 0.4) is 0 Å². The van der Waals surface area contributed by atoms with Crippen LogP contribution in [0.5, 0.6) is 5.75 Å². The van der Waals surface area contributed by atoms with Gasteiger partial charge in [-0.05, 0) is 25.1 Å². The van der Waals surface area contributed by atoms with Gasteiger partial charge in [0, 0.05) is 5.56 Å². The molecular formula is C12H11F3N2O2. The summed E-state index contributed by atoms with van der Waals surface area (Å²) in [6.07, 6.45) is -4.82. The van der Waals surface area contributed by atoms with Gasteiger partial charge < -0.3 is 15.8 Å². The van der Waals surface area contributed by atoms with E-state index in [0.717, 1.165) is 12.1 Å². The standard InChI is InChI=1S/C12H11F3N2O2/c1-2-3-6-17-11(18)8-4-5-10(9(16)7-8)19-12(13,14)15/h4-5,7H,6,16H2,1H3,(H,17,18). The lowest BCUT2D eigenvalue weighted by molar-refractivity contribution is -0.274.